The van der Waals surface area contributed by atoms with E-state index in [0.29, 0.717) is 12.8 Å². The molecule has 3 aromatic rings. The zero-order valence-electron chi connectivity index (χ0n) is 17.6. The number of rotatable bonds is 8. The van der Waals surface area contributed by atoms with Gasteiger partial charge in [0.2, 0.25) is 0 Å². The number of hydrogen-bond donors (Lipinski definition) is 1. The van der Waals surface area contributed by atoms with Crippen LogP contribution in [-0.4, -0.2) is 35.5 Å². The van der Waals surface area contributed by atoms with Gasteiger partial charge in [0, 0.05) is 12.8 Å². The van der Waals surface area contributed by atoms with Crippen LogP contribution in [0.15, 0.2) is 84.9 Å². The zero-order valence-corrected chi connectivity index (χ0v) is 17.6. The number of ether oxygens (including phenoxy) is 1. The van der Waals surface area contributed by atoms with Crippen LogP contribution >= 0.6 is 0 Å². The van der Waals surface area contributed by atoms with Gasteiger partial charge in [0.05, 0.1) is 6.54 Å². The van der Waals surface area contributed by atoms with E-state index in [1.807, 2.05) is 91.9 Å². The summed E-state index contributed by atoms with van der Waals surface area (Å²) in [5.41, 5.74) is 2.09. The van der Waals surface area contributed by atoms with E-state index in [1.165, 1.54) is 4.90 Å². The van der Waals surface area contributed by atoms with Crippen molar-refractivity contribution < 1.29 is 14.3 Å². The Morgan fingerprint density at radius 3 is 2.03 bits per heavy atom. The summed E-state index contributed by atoms with van der Waals surface area (Å²) in [7, 11) is 0. The highest BCUT2D eigenvalue weighted by atomic mass is 16.5. The number of carbonyl (C=O) groups is 2. The van der Waals surface area contributed by atoms with E-state index >= 15 is 0 Å². The molecule has 0 aromatic heterocycles. The molecule has 0 atom stereocenters. The van der Waals surface area contributed by atoms with Gasteiger partial charge >= 0.3 is 6.03 Å². The SMILES string of the molecule is Cc1cccc(OCCN2C(=O)NC(Cc3ccccc3)(Cc3ccccc3)C2=O)c1. The van der Waals surface area contributed by atoms with Crippen LogP contribution in [-0.2, 0) is 17.6 Å². The summed E-state index contributed by atoms with van der Waals surface area (Å²) in [5, 5.41) is 3.00. The van der Waals surface area contributed by atoms with Gasteiger partial charge in [0.25, 0.3) is 5.91 Å². The first-order valence-electron chi connectivity index (χ1n) is 10.5. The highest BCUT2D eigenvalue weighted by Crippen LogP contribution is 2.27. The quantitative estimate of drug-likeness (QED) is 0.564. The van der Waals surface area contributed by atoms with Crippen molar-refractivity contribution in [3.05, 3.63) is 102 Å². The molecular weight excluding hydrogens is 388 g/mol. The monoisotopic (exact) mass is 414 g/mol. The van der Waals surface area contributed by atoms with Gasteiger partial charge in [0.1, 0.15) is 17.9 Å². The minimum atomic E-state index is -1.01. The second-order valence-corrected chi connectivity index (χ2v) is 7.96. The zero-order chi connectivity index (χ0) is 21.7. The molecule has 31 heavy (non-hydrogen) atoms. The third-order valence-corrected chi connectivity index (χ3v) is 5.52. The van der Waals surface area contributed by atoms with E-state index in [4.69, 9.17) is 4.74 Å². The Balaban J connectivity index is 1.52. The molecule has 1 N–H and O–H groups in total. The smallest absolute Gasteiger partial charge is 0.325 e. The van der Waals surface area contributed by atoms with E-state index in [0.717, 1.165) is 22.4 Å². The molecule has 1 aliphatic rings. The van der Waals surface area contributed by atoms with Crippen molar-refractivity contribution in [2.45, 2.75) is 25.3 Å². The topological polar surface area (TPSA) is 58.6 Å². The molecule has 158 valence electrons. The van der Waals surface area contributed by atoms with E-state index < -0.39 is 5.54 Å². The van der Waals surface area contributed by atoms with E-state index in [1.54, 1.807) is 0 Å². The van der Waals surface area contributed by atoms with Crippen molar-refractivity contribution in [2.24, 2.45) is 0 Å². The molecule has 1 heterocycles. The van der Waals surface area contributed by atoms with Gasteiger partial charge in [-0.05, 0) is 35.7 Å². The summed E-state index contributed by atoms with van der Waals surface area (Å²) in [6.45, 7) is 2.44. The number of nitrogens with zero attached hydrogens (tertiary/aromatic N) is 1. The summed E-state index contributed by atoms with van der Waals surface area (Å²) in [6.07, 6.45) is 0.866. The fourth-order valence-electron chi connectivity index (χ4n) is 4.03. The Morgan fingerprint density at radius 1 is 0.839 bits per heavy atom. The van der Waals surface area contributed by atoms with Gasteiger partial charge in [-0.15, -0.1) is 0 Å². The predicted octanol–water partition coefficient (Wildman–Crippen LogP) is 4.15. The maximum Gasteiger partial charge on any atom is 0.325 e. The minimum absolute atomic E-state index is 0.198. The summed E-state index contributed by atoms with van der Waals surface area (Å²) >= 11 is 0. The van der Waals surface area contributed by atoms with Crippen LogP contribution < -0.4 is 10.1 Å². The van der Waals surface area contributed by atoms with Crippen LogP contribution in [0.1, 0.15) is 16.7 Å². The number of nitrogens with one attached hydrogen (secondary N) is 1. The lowest BCUT2D eigenvalue weighted by Gasteiger charge is -2.27. The molecule has 0 saturated carbocycles. The largest absolute Gasteiger partial charge is 0.492 e. The number of carbonyl (C=O) groups excluding carboxylic acids is 2. The minimum Gasteiger partial charge on any atom is -0.492 e. The van der Waals surface area contributed by atoms with Gasteiger partial charge < -0.3 is 10.1 Å². The lowest BCUT2D eigenvalue weighted by atomic mass is 9.84. The molecule has 4 rings (SSSR count). The Hall–Kier alpha value is -3.60. The summed E-state index contributed by atoms with van der Waals surface area (Å²) in [5.74, 6) is 0.518. The average Bonchev–Trinajstić information content (AvgIpc) is 2.99. The van der Waals surface area contributed by atoms with Crippen molar-refractivity contribution in [3.8, 4) is 5.75 Å². The Morgan fingerprint density at radius 2 is 1.45 bits per heavy atom. The van der Waals surface area contributed by atoms with Gasteiger partial charge in [-0.3, -0.25) is 9.69 Å². The van der Waals surface area contributed by atoms with E-state index in [9.17, 15) is 9.59 Å². The van der Waals surface area contributed by atoms with Crippen LogP contribution in [0.25, 0.3) is 0 Å². The number of benzene rings is 3. The lowest BCUT2D eigenvalue weighted by Crippen LogP contribution is -2.51. The number of amides is 3. The van der Waals surface area contributed by atoms with Gasteiger partial charge in [0.15, 0.2) is 0 Å². The van der Waals surface area contributed by atoms with E-state index in [-0.39, 0.29) is 25.1 Å². The molecule has 3 aromatic carbocycles. The van der Waals surface area contributed by atoms with Crippen LogP contribution in [0, 0.1) is 6.92 Å². The Bertz CT molecular complexity index is 1010. The lowest BCUT2D eigenvalue weighted by molar-refractivity contribution is -0.131. The first-order chi connectivity index (χ1) is 15.1. The molecule has 0 unspecified atom stereocenters. The third kappa shape index (κ3) is 4.77. The normalized spacial score (nSPS) is 15.1. The fraction of sp³-hybridized carbons (Fsp3) is 0.231. The summed E-state index contributed by atoms with van der Waals surface area (Å²) in [4.78, 5) is 27.6. The van der Waals surface area contributed by atoms with Crippen molar-refractivity contribution >= 4 is 11.9 Å². The highest BCUT2D eigenvalue weighted by Gasteiger charge is 2.50. The molecule has 0 aliphatic carbocycles. The second kappa shape index (κ2) is 9.04. The average molecular weight is 415 g/mol. The molecule has 0 radical (unpaired) electrons. The van der Waals surface area contributed by atoms with Crippen molar-refractivity contribution in [1.29, 1.82) is 0 Å². The van der Waals surface area contributed by atoms with Crippen LogP contribution in [0.4, 0.5) is 4.79 Å². The molecule has 5 nitrogen and oxygen atoms in total. The molecule has 5 heteroatoms. The van der Waals surface area contributed by atoms with Crippen molar-refractivity contribution in [1.82, 2.24) is 10.2 Å². The number of urea groups is 1. The molecule has 0 bridgehead atoms. The maximum absolute atomic E-state index is 13.5. The highest BCUT2D eigenvalue weighted by molar-refractivity contribution is 6.07. The van der Waals surface area contributed by atoms with E-state index in [2.05, 4.69) is 5.32 Å². The molecule has 1 aliphatic heterocycles. The molecule has 3 amide bonds. The van der Waals surface area contributed by atoms with Gasteiger partial charge in [-0.1, -0.05) is 72.8 Å². The number of aryl methyl sites for hydroxylation is 1. The molecule has 0 spiro atoms. The van der Waals surface area contributed by atoms with Crippen molar-refractivity contribution in [2.75, 3.05) is 13.2 Å². The Kier molecular flexibility index (Phi) is 6.03. The Labute approximate surface area is 182 Å². The number of hydrogen-bond acceptors (Lipinski definition) is 3. The molecule has 1 saturated heterocycles. The first-order valence-corrected chi connectivity index (χ1v) is 10.5. The molecule has 1 fully saturated rings. The summed E-state index contributed by atoms with van der Waals surface area (Å²) < 4.78 is 5.78. The second-order valence-electron chi connectivity index (χ2n) is 7.96. The predicted molar refractivity (Wildman–Crippen MR) is 120 cm³/mol. The van der Waals surface area contributed by atoms with Gasteiger partial charge in [-0.25, -0.2) is 4.79 Å². The van der Waals surface area contributed by atoms with Crippen LogP contribution in [0.5, 0.6) is 5.75 Å². The fourth-order valence-corrected chi connectivity index (χ4v) is 4.03. The number of imide groups is 1. The first kappa shape index (κ1) is 20.7. The van der Waals surface area contributed by atoms with Crippen LogP contribution in [0.3, 0.4) is 0 Å². The van der Waals surface area contributed by atoms with Crippen molar-refractivity contribution in [3.63, 3.8) is 0 Å². The third-order valence-electron chi connectivity index (χ3n) is 5.52. The standard InChI is InChI=1S/C26H26N2O3/c1-20-9-8-14-23(17-20)31-16-15-28-24(29)26(27-25(28)30,18-21-10-4-2-5-11-21)19-22-12-6-3-7-13-22/h2-14,17H,15-16,18-19H2,1H3,(H,27,30). The maximum atomic E-state index is 13.5. The van der Waals surface area contributed by atoms with Gasteiger partial charge in [-0.2, -0.15) is 0 Å². The molecular formula is C26H26N2O3. The summed E-state index contributed by atoms with van der Waals surface area (Å²) in [6, 6.07) is 26.9. The van der Waals surface area contributed by atoms with Crippen LogP contribution in [0.2, 0.25) is 0 Å².